The number of carbonyl (C=O) groups excluding carboxylic acids is 1. The van der Waals surface area contributed by atoms with E-state index in [0.29, 0.717) is 48.3 Å². The minimum absolute atomic E-state index is 0.0575. The normalized spacial score (nSPS) is 14.1. The van der Waals surface area contributed by atoms with Gasteiger partial charge in [0.25, 0.3) is 5.91 Å². The predicted octanol–water partition coefficient (Wildman–Crippen LogP) is 4.14. The van der Waals surface area contributed by atoms with Crippen molar-refractivity contribution in [1.82, 2.24) is 19.7 Å². The number of furan rings is 1. The van der Waals surface area contributed by atoms with Crippen LogP contribution in [-0.2, 0) is 0 Å². The Morgan fingerprint density at radius 2 is 1.77 bits per heavy atom. The van der Waals surface area contributed by atoms with E-state index in [1.165, 1.54) is 0 Å². The largest absolute Gasteiger partial charge is 0.463 e. The fourth-order valence-corrected chi connectivity index (χ4v) is 3.81. The molecule has 8 heteroatoms. The summed E-state index contributed by atoms with van der Waals surface area (Å²) in [5, 5.41) is 5.26. The first-order chi connectivity index (χ1) is 15.2. The first-order valence-electron chi connectivity index (χ1n) is 10.0. The summed E-state index contributed by atoms with van der Waals surface area (Å²) in [6.45, 7) is 2.59. The Morgan fingerprint density at radius 1 is 0.968 bits per heavy atom. The molecule has 1 aromatic carbocycles. The van der Waals surface area contributed by atoms with Gasteiger partial charge in [-0.2, -0.15) is 5.10 Å². The van der Waals surface area contributed by atoms with Crippen LogP contribution in [0.3, 0.4) is 0 Å². The zero-order valence-corrected chi connectivity index (χ0v) is 17.4. The van der Waals surface area contributed by atoms with Crippen molar-refractivity contribution in [3.05, 3.63) is 83.8 Å². The highest BCUT2D eigenvalue weighted by atomic mass is 35.5. The van der Waals surface area contributed by atoms with Gasteiger partial charge < -0.3 is 14.2 Å². The average Bonchev–Trinajstić information content (AvgIpc) is 3.50. The van der Waals surface area contributed by atoms with Crippen LogP contribution in [-0.4, -0.2) is 51.8 Å². The highest BCUT2D eigenvalue weighted by Gasteiger charge is 2.27. The Bertz CT molecular complexity index is 1160. The lowest BCUT2D eigenvalue weighted by atomic mass is 10.2. The molecule has 3 aromatic heterocycles. The summed E-state index contributed by atoms with van der Waals surface area (Å²) in [5.74, 6) is 1.44. The van der Waals surface area contributed by atoms with E-state index in [1.807, 2.05) is 59.5 Å². The summed E-state index contributed by atoms with van der Waals surface area (Å²) in [5.41, 5.74) is 1.96. The highest BCUT2D eigenvalue weighted by Crippen LogP contribution is 2.24. The average molecular weight is 434 g/mol. The zero-order chi connectivity index (χ0) is 21.2. The molecule has 0 unspecified atom stereocenters. The quantitative estimate of drug-likeness (QED) is 0.483. The fraction of sp³-hybridized carbons (Fsp3) is 0.174. The smallest absolute Gasteiger partial charge is 0.272 e. The Morgan fingerprint density at radius 3 is 2.45 bits per heavy atom. The molecular weight excluding hydrogens is 414 g/mol. The maximum absolute atomic E-state index is 13.4. The van der Waals surface area contributed by atoms with Crippen molar-refractivity contribution in [2.45, 2.75) is 0 Å². The molecule has 1 saturated heterocycles. The maximum Gasteiger partial charge on any atom is 0.272 e. The first kappa shape index (κ1) is 19.4. The first-order valence-corrected chi connectivity index (χ1v) is 10.4. The van der Waals surface area contributed by atoms with Gasteiger partial charge in [-0.15, -0.1) is 0 Å². The number of anilines is 1. The van der Waals surface area contributed by atoms with Gasteiger partial charge in [0.2, 0.25) is 0 Å². The number of halogens is 1. The van der Waals surface area contributed by atoms with E-state index in [1.54, 1.807) is 23.2 Å². The van der Waals surface area contributed by atoms with Crippen LogP contribution in [0, 0.1) is 0 Å². The topological polar surface area (TPSA) is 67.4 Å². The van der Waals surface area contributed by atoms with Crippen molar-refractivity contribution in [2.75, 3.05) is 31.1 Å². The number of carbonyl (C=O) groups is 1. The Labute approximate surface area is 184 Å². The molecule has 0 spiro atoms. The number of para-hydroxylation sites is 1. The van der Waals surface area contributed by atoms with Gasteiger partial charge in [-0.3, -0.25) is 4.79 Å². The fourth-order valence-electron chi connectivity index (χ4n) is 3.70. The SMILES string of the molecule is O=C(c1cc(-c2ccco2)nn1-c1ccccc1)N1CCN(c2ccc(Cl)cn2)CC1. The number of aromatic nitrogens is 3. The van der Waals surface area contributed by atoms with Gasteiger partial charge in [-0.1, -0.05) is 29.8 Å². The van der Waals surface area contributed by atoms with Gasteiger partial charge in [0.05, 0.1) is 17.0 Å². The third-order valence-corrected chi connectivity index (χ3v) is 5.53. The Balaban J connectivity index is 1.39. The van der Waals surface area contributed by atoms with Crippen molar-refractivity contribution < 1.29 is 9.21 Å². The summed E-state index contributed by atoms with van der Waals surface area (Å²) in [6, 6.07) is 18.8. The number of rotatable bonds is 4. The van der Waals surface area contributed by atoms with Crippen LogP contribution in [0.2, 0.25) is 5.02 Å². The second-order valence-electron chi connectivity index (χ2n) is 7.25. The van der Waals surface area contributed by atoms with Crippen molar-refractivity contribution in [3.63, 3.8) is 0 Å². The van der Waals surface area contributed by atoms with E-state index >= 15 is 0 Å². The third-order valence-electron chi connectivity index (χ3n) is 5.31. The second kappa shape index (κ2) is 8.28. The molecule has 0 N–H and O–H groups in total. The van der Waals surface area contributed by atoms with E-state index in [-0.39, 0.29) is 5.91 Å². The monoisotopic (exact) mass is 433 g/mol. The maximum atomic E-state index is 13.4. The van der Waals surface area contributed by atoms with Gasteiger partial charge in [-0.05, 0) is 36.4 Å². The number of benzene rings is 1. The van der Waals surface area contributed by atoms with Gasteiger partial charge in [0, 0.05) is 38.4 Å². The van der Waals surface area contributed by atoms with Gasteiger partial charge in [-0.25, -0.2) is 9.67 Å². The van der Waals surface area contributed by atoms with Crippen molar-refractivity contribution in [2.24, 2.45) is 0 Å². The molecule has 1 aliphatic rings. The molecule has 5 rings (SSSR count). The number of pyridine rings is 1. The Hall–Kier alpha value is -3.58. The molecule has 0 aliphatic carbocycles. The van der Waals surface area contributed by atoms with Crippen molar-refractivity contribution >= 4 is 23.3 Å². The molecule has 4 heterocycles. The van der Waals surface area contributed by atoms with Crippen molar-refractivity contribution in [3.8, 4) is 17.1 Å². The molecular formula is C23H20ClN5O2. The van der Waals surface area contributed by atoms with Gasteiger partial charge in [0.1, 0.15) is 17.2 Å². The Kier molecular flexibility index (Phi) is 5.18. The molecule has 0 radical (unpaired) electrons. The number of hydrogen-bond acceptors (Lipinski definition) is 5. The number of piperazine rings is 1. The zero-order valence-electron chi connectivity index (χ0n) is 16.7. The molecule has 0 atom stereocenters. The molecule has 0 bridgehead atoms. The molecule has 1 fully saturated rings. The lowest BCUT2D eigenvalue weighted by Gasteiger charge is -2.35. The number of nitrogens with zero attached hydrogens (tertiary/aromatic N) is 5. The predicted molar refractivity (Wildman–Crippen MR) is 119 cm³/mol. The molecule has 4 aromatic rings. The minimum Gasteiger partial charge on any atom is -0.463 e. The van der Waals surface area contributed by atoms with E-state index < -0.39 is 0 Å². The number of hydrogen-bond donors (Lipinski definition) is 0. The lowest BCUT2D eigenvalue weighted by molar-refractivity contribution is 0.0737. The molecule has 1 aliphatic heterocycles. The van der Waals surface area contributed by atoms with Crippen LogP contribution in [0.5, 0.6) is 0 Å². The summed E-state index contributed by atoms with van der Waals surface area (Å²) >= 11 is 5.94. The van der Waals surface area contributed by atoms with E-state index in [4.69, 9.17) is 16.0 Å². The van der Waals surface area contributed by atoms with Crippen molar-refractivity contribution in [1.29, 1.82) is 0 Å². The summed E-state index contributed by atoms with van der Waals surface area (Å²) < 4.78 is 7.18. The molecule has 7 nitrogen and oxygen atoms in total. The summed E-state index contributed by atoms with van der Waals surface area (Å²) in [6.07, 6.45) is 3.24. The van der Waals surface area contributed by atoms with Crippen LogP contribution in [0.15, 0.2) is 77.5 Å². The second-order valence-corrected chi connectivity index (χ2v) is 7.69. The van der Waals surface area contributed by atoms with Crippen LogP contribution < -0.4 is 4.90 Å². The minimum atomic E-state index is -0.0575. The van der Waals surface area contributed by atoms with Gasteiger partial charge >= 0.3 is 0 Å². The van der Waals surface area contributed by atoms with Gasteiger partial charge in [0.15, 0.2) is 5.76 Å². The molecule has 31 heavy (non-hydrogen) atoms. The van der Waals surface area contributed by atoms with E-state index in [9.17, 15) is 4.79 Å². The summed E-state index contributed by atoms with van der Waals surface area (Å²) in [4.78, 5) is 21.8. The number of amides is 1. The van der Waals surface area contributed by atoms with Crippen LogP contribution in [0.1, 0.15) is 10.5 Å². The standard InChI is InChI=1S/C23H20ClN5O2/c24-17-8-9-22(25-16-17)27-10-12-28(13-11-27)23(30)20-15-19(21-7-4-14-31-21)26-29(20)18-5-2-1-3-6-18/h1-9,14-16H,10-13H2. The van der Waals surface area contributed by atoms with E-state index in [0.717, 1.165) is 11.5 Å². The molecule has 0 saturated carbocycles. The van der Waals surface area contributed by atoms with Crippen LogP contribution >= 0.6 is 11.6 Å². The summed E-state index contributed by atoms with van der Waals surface area (Å²) in [7, 11) is 0. The van der Waals surface area contributed by atoms with Crippen LogP contribution in [0.25, 0.3) is 17.1 Å². The molecule has 156 valence electrons. The van der Waals surface area contributed by atoms with E-state index in [2.05, 4.69) is 15.0 Å². The lowest BCUT2D eigenvalue weighted by Crippen LogP contribution is -2.49. The van der Waals surface area contributed by atoms with Crippen LogP contribution in [0.4, 0.5) is 5.82 Å². The molecule has 1 amide bonds. The third kappa shape index (κ3) is 3.92. The highest BCUT2D eigenvalue weighted by molar-refractivity contribution is 6.30.